The van der Waals surface area contributed by atoms with Gasteiger partial charge in [-0.2, -0.15) is 0 Å². The Morgan fingerprint density at radius 1 is 1.24 bits per heavy atom. The maximum atomic E-state index is 12.1. The summed E-state index contributed by atoms with van der Waals surface area (Å²) in [7, 11) is 0. The third-order valence-electron chi connectivity index (χ3n) is 4.52. The number of piperidine rings is 1. The van der Waals surface area contributed by atoms with Gasteiger partial charge in [-0.05, 0) is 31.6 Å². The Balaban J connectivity index is 1.86. The summed E-state index contributed by atoms with van der Waals surface area (Å²) in [5.41, 5.74) is 11.3. The zero-order valence-electron chi connectivity index (χ0n) is 12.3. The number of hydrogen-bond acceptors (Lipinski definition) is 4. The minimum Gasteiger partial charge on any atom is -0.369 e. The lowest BCUT2D eigenvalue weighted by atomic mass is 9.84. The van der Waals surface area contributed by atoms with Gasteiger partial charge in [-0.3, -0.25) is 14.4 Å². The predicted molar refractivity (Wildman–Crippen MR) is 78.0 cm³/mol. The lowest BCUT2D eigenvalue weighted by Crippen LogP contribution is -2.40. The summed E-state index contributed by atoms with van der Waals surface area (Å²) in [4.78, 5) is 35.4. The van der Waals surface area contributed by atoms with E-state index in [1.807, 2.05) is 0 Å². The fourth-order valence-corrected chi connectivity index (χ4v) is 2.94. The van der Waals surface area contributed by atoms with Crippen molar-refractivity contribution in [1.29, 1.82) is 0 Å². The van der Waals surface area contributed by atoms with Crippen molar-refractivity contribution in [3.8, 4) is 0 Å². The maximum absolute atomic E-state index is 12.1. The van der Waals surface area contributed by atoms with Gasteiger partial charge in [-0.1, -0.05) is 12.8 Å². The van der Waals surface area contributed by atoms with E-state index in [9.17, 15) is 14.4 Å². The van der Waals surface area contributed by atoms with E-state index in [4.69, 9.17) is 11.5 Å². The van der Waals surface area contributed by atoms with Gasteiger partial charge < -0.3 is 16.8 Å². The molecule has 3 atom stereocenters. The number of nitrogens with one attached hydrogen (secondary N) is 1. The van der Waals surface area contributed by atoms with E-state index in [2.05, 4.69) is 5.32 Å². The molecule has 1 saturated carbocycles. The van der Waals surface area contributed by atoms with Crippen LogP contribution < -0.4 is 16.8 Å². The number of nitrogens with two attached hydrogens (primary N) is 2. The van der Waals surface area contributed by atoms with Gasteiger partial charge in [0.1, 0.15) is 5.78 Å². The molecule has 21 heavy (non-hydrogen) atoms. The first-order chi connectivity index (χ1) is 9.97. The molecule has 6 nitrogen and oxygen atoms in total. The molecule has 0 aromatic heterocycles. The number of hydrogen-bond donors (Lipinski definition) is 3. The zero-order valence-corrected chi connectivity index (χ0v) is 12.3. The van der Waals surface area contributed by atoms with Gasteiger partial charge in [0.15, 0.2) is 0 Å². The number of carbonyl (C=O) groups excluding carboxylic acids is 3. The second-order valence-corrected chi connectivity index (χ2v) is 6.42. The summed E-state index contributed by atoms with van der Waals surface area (Å²) >= 11 is 0. The molecule has 0 unspecified atom stereocenters. The van der Waals surface area contributed by atoms with Crippen molar-refractivity contribution < 1.29 is 14.4 Å². The summed E-state index contributed by atoms with van der Waals surface area (Å²) in [6.07, 6.45) is 5.05. The fraction of sp³-hybridized carbons (Fsp3) is 0.800. The van der Waals surface area contributed by atoms with Gasteiger partial charge in [0, 0.05) is 24.8 Å². The van der Waals surface area contributed by atoms with Crippen molar-refractivity contribution in [2.45, 2.75) is 51.0 Å². The van der Waals surface area contributed by atoms with Crippen molar-refractivity contribution >= 4 is 17.6 Å². The molecule has 118 valence electrons. The van der Waals surface area contributed by atoms with Crippen LogP contribution in [-0.2, 0) is 14.4 Å². The number of amides is 2. The molecule has 2 aliphatic rings. The summed E-state index contributed by atoms with van der Waals surface area (Å²) in [6.45, 7) is 0.682. The van der Waals surface area contributed by atoms with Gasteiger partial charge in [-0.25, -0.2) is 0 Å². The highest BCUT2D eigenvalue weighted by Gasteiger charge is 2.32. The van der Waals surface area contributed by atoms with Crippen LogP contribution in [0.1, 0.15) is 44.9 Å². The van der Waals surface area contributed by atoms with E-state index in [0.717, 1.165) is 25.7 Å². The quantitative estimate of drug-likeness (QED) is 0.588. The highest BCUT2D eigenvalue weighted by Crippen LogP contribution is 2.33. The van der Waals surface area contributed by atoms with Crippen molar-refractivity contribution in [1.82, 2.24) is 5.32 Å². The Bertz CT molecular complexity index is 420. The maximum Gasteiger partial charge on any atom is 0.223 e. The van der Waals surface area contributed by atoms with Crippen LogP contribution in [0.2, 0.25) is 0 Å². The van der Waals surface area contributed by atoms with Crippen LogP contribution in [0, 0.1) is 17.8 Å². The number of Topliss-reactive ketones (excluding diaryl/α,β-unsaturated/α-hetero) is 1. The van der Waals surface area contributed by atoms with Crippen LogP contribution in [0.15, 0.2) is 0 Å². The summed E-state index contributed by atoms with van der Waals surface area (Å²) in [5.74, 6) is -0.898. The fourth-order valence-electron chi connectivity index (χ4n) is 2.94. The number of carbonyl (C=O) groups is 3. The highest BCUT2D eigenvalue weighted by atomic mass is 16.2. The smallest absolute Gasteiger partial charge is 0.223 e. The van der Waals surface area contributed by atoms with Gasteiger partial charge in [-0.15, -0.1) is 0 Å². The molecule has 1 aliphatic heterocycles. The molecular weight excluding hydrogens is 270 g/mol. The molecule has 1 saturated heterocycles. The molecule has 0 spiro atoms. The molecule has 2 fully saturated rings. The van der Waals surface area contributed by atoms with E-state index in [0.29, 0.717) is 25.3 Å². The topological polar surface area (TPSA) is 115 Å². The Morgan fingerprint density at radius 2 is 1.95 bits per heavy atom. The first-order valence-corrected chi connectivity index (χ1v) is 7.82. The van der Waals surface area contributed by atoms with E-state index < -0.39 is 17.9 Å². The average Bonchev–Trinajstić information content (AvgIpc) is 3.23. The second-order valence-electron chi connectivity index (χ2n) is 6.42. The van der Waals surface area contributed by atoms with Crippen LogP contribution >= 0.6 is 0 Å². The van der Waals surface area contributed by atoms with Crippen LogP contribution in [0.3, 0.4) is 0 Å². The van der Waals surface area contributed by atoms with Crippen molar-refractivity contribution in [3.05, 3.63) is 0 Å². The van der Waals surface area contributed by atoms with Crippen LogP contribution in [0.5, 0.6) is 0 Å². The minimum atomic E-state index is -0.586. The van der Waals surface area contributed by atoms with Gasteiger partial charge in [0.05, 0.1) is 6.04 Å². The molecular formula is C15H25N3O3. The summed E-state index contributed by atoms with van der Waals surface area (Å²) < 4.78 is 0. The lowest BCUT2D eigenvalue weighted by molar-refractivity contribution is -0.131. The first-order valence-electron chi connectivity index (χ1n) is 7.82. The van der Waals surface area contributed by atoms with Crippen molar-refractivity contribution in [2.24, 2.45) is 29.2 Å². The van der Waals surface area contributed by atoms with Crippen LogP contribution in [0.4, 0.5) is 0 Å². The molecule has 0 bridgehead atoms. The molecule has 1 aliphatic carbocycles. The Kier molecular flexibility index (Phi) is 5.33. The molecule has 1 heterocycles. The van der Waals surface area contributed by atoms with Crippen molar-refractivity contribution in [2.75, 3.05) is 6.54 Å². The van der Waals surface area contributed by atoms with E-state index in [-0.39, 0.29) is 24.0 Å². The van der Waals surface area contributed by atoms with Crippen LogP contribution in [0.25, 0.3) is 0 Å². The lowest BCUT2D eigenvalue weighted by Gasteiger charge is -2.25. The van der Waals surface area contributed by atoms with E-state index >= 15 is 0 Å². The number of primary amides is 1. The van der Waals surface area contributed by atoms with Gasteiger partial charge >= 0.3 is 0 Å². The van der Waals surface area contributed by atoms with Crippen molar-refractivity contribution in [3.63, 3.8) is 0 Å². The molecule has 0 aromatic rings. The first kappa shape index (κ1) is 15.9. The predicted octanol–water partition coefficient (Wildman–Crippen LogP) is 0.0908. The Labute approximate surface area is 125 Å². The monoisotopic (exact) mass is 295 g/mol. The zero-order chi connectivity index (χ0) is 15.4. The summed E-state index contributed by atoms with van der Waals surface area (Å²) in [6, 6.07) is -0.500. The SMILES string of the molecule is NC(=O)[C@@H](CC(=O)[C@@H](N)CC1CC1)C[C@@H]1CCCNC1=O. The highest BCUT2D eigenvalue weighted by molar-refractivity contribution is 5.89. The molecule has 2 amide bonds. The van der Waals surface area contributed by atoms with Gasteiger partial charge in [0.2, 0.25) is 11.8 Å². The van der Waals surface area contributed by atoms with Gasteiger partial charge in [0.25, 0.3) is 0 Å². The standard InChI is InChI=1S/C15H25N3O3/c16-12(6-9-3-4-9)13(19)8-11(14(17)20)7-10-2-1-5-18-15(10)21/h9-12H,1-8,16H2,(H2,17,20)(H,18,21)/t10-,11+,12-/m0/s1. The minimum absolute atomic E-state index is 0.0396. The Morgan fingerprint density at radius 3 is 2.52 bits per heavy atom. The van der Waals surface area contributed by atoms with Crippen LogP contribution in [-0.4, -0.2) is 30.2 Å². The van der Waals surface area contributed by atoms with E-state index in [1.54, 1.807) is 0 Å². The molecule has 6 heteroatoms. The number of ketones is 1. The third-order valence-corrected chi connectivity index (χ3v) is 4.52. The second kappa shape index (κ2) is 7.02. The molecule has 5 N–H and O–H groups in total. The Hall–Kier alpha value is -1.43. The molecule has 0 aromatic carbocycles. The average molecular weight is 295 g/mol. The largest absolute Gasteiger partial charge is 0.369 e. The third kappa shape index (κ3) is 4.81. The normalized spacial score (nSPS) is 25.0. The molecule has 2 rings (SSSR count). The summed E-state index contributed by atoms with van der Waals surface area (Å²) in [5, 5.41) is 2.79. The number of rotatable bonds is 8. The molecule has 0 radical (unpaired) electrons. The van der Waals surface area contributed by atoms with E-state index in [1.165, 1.54) is 0 Å².